The summed E-state index contributed by atoms with van der Waals surface area (Å²) in [4.78, 5) is 9.43. The molecular weight excluding hydrogens is 589 g/mol. The van der Waals surface area contributed by atoms with Crippen molar-refractivity contribution < 1.29 is 0 Å². The predicted octanol–water partition coefficient (Wildman–Crippen LogP) is 6.98. The second kappa shape index (κ2) is 9.27. The monoisotopic (exact) mass is 609 g/mol. The van der Waals surface area contributed by atoms with E-state index < -0.39 is 0 Å². The summed E-state index contributed by atoms with van der Waals surface area (Å²) in [5, 5.41) is 9.91. The number of imidazole rings is 1. The smallest absolute Gasteiger partial charge is 0.160 e. The fourth-order valence-corrected chi connectivity index (χ4v) is 6.10. The zero-order valence-electron chi connectivity index (χ0n) is 18.1. The topological polar surface area (TPSA) is 58.9 Å². The second-order valence-corrected chi connectivity index (χ2v) is 9.84. The van der Waals surface area contributed by atoms with Crippen LogP contribution in [-0.4, -0.2) is 18.9 Å². The van der Waals surface area contributed by atoms with Gasteiger partial charge in [0.2, 0.25) is 0 Å². The maximum absolute atomic E-state index is 9.91. The van der Waals surface area contributed by atoms with Gasteiger partial charge in [-0.3, -0.25) is 4.40 Å². The molecule has 0 saturated carbocycles. The number of pyridine rings is 2. The summed E-state index contributed by atoms with van der Waals surface area (Å²) in [5.74, 6) is 1.08. The Morgan fingerprint density at radius 3 is 2.67 bits per heavy atom. The minimum absolute atomic E-state index is 0.680. The molecule has 5 aromatic rings. The molecule has 5 nitrogen and oxygen atoms in total. The van der Waals surface area contributed by atoms with E-state index in [1.54, 1.807) is 0 Å². The lowest BCUT2D eigenvalue weighted by atomic mass is 10.0. The van der Waals surface area contributed by atoms with Crippen molar-refractivity contribution in [2.45, 2.75) is 32.7 Å². The molecule has 0 N–H and O–H groups in total. The first kappa shape index (κ1) is 22.1. The summed E-state index contributed by atoms with van der Waals surface area (Å²) in [6.07, 6.45) is 5.01. The molecule has 0 aliphatic rings. The van der Waals surface area contributed by atoms with Gasteiger partial charge < -0.3 is 4.57 Å². The number of halogens is 2. The molecule has 33 heavy (non-hydrogen) atoms. The lowest BCUT2D eigenvalue weighted by Crippen LogP contribution is -2.06. The minimum atomic E-state index is 0.680. The van der Waals surface area contributed by atoms with E-state index in [2.05, 4.69) is 89.7 Å². The summed E-state index contributed by atoms with van der Waals surface area (Å²) >= 11 is 6.04. The van der Waals surface area contributed by atoms with Gasteiger partial charge in [0.05, 0.1) is 25.9 Å². The first-order valence-electron chi connectivity index (χ1n) is 10.9. The van der Waals surface area contributed by atoms with Crippen molar-refractivity contribution in [3.63, 3.8) is 0 Å². The van der Waals surface area contributed by atoms with E-state index >= 15 is 0 Å². The normalized spacial score (nSPS) is 11.3. The van der Waals surface area contributed by atoms with Crippen LogP contribution in [0.25, 0.3) is 27.8 Å². The van der Waals surface area contributed by atoms with E-state index in [-0.39, 0.29) is 0 Å². The van der Waals surface area contributed by atoms with Crippen molar-refractivity contribution in [3.8, 4) is 17.2 Å². The van der Waals surface area contributed by atoms with Crippen LogP contribution in [0.1, 0.15) is 36.7 Å². The number of unbranched alkanes of at least 4 members (excludes halogenated alkanes) is 1. The van der Waals surface area contributed by atoms with E-state index in [0.29, 0.717) is 5.56 Å². The van der Waals surface area contributed by atoms with E-state index in [9.17, 15) is 5.26 Å². The number of nitrogens with zero attached hydrogens (tertiary/aromatic N) is 5. The Kier molecular flexibility index (Phi) is 6.21. The van der Waals surface area contributed by atoms with Gasteiger partial charge in [0.15, 0.2) is 5.65 Å². The molecule has 5 rings (SSSR count). The summed E-state index contributed by atoms with van der Waals surface area (Å²) in [7, 11) is 0. The van der Waals surface area contributed by atoms with Crippen LogP contribution < -0.4 is 0 Å². The lowest BCUT2D eigenvalue weighted by Gasteiger charge is -2.10. The van der Waals surface area contributed by atoms with Crippen molar-refractivity contribution in [1.82, 2.24) is 18.9 Å². The highest BCUT2D eigenvalue weighted by molar-refractivity contribution is 14.1. The van der Waals surface area contributed by atoms with Crippen LogP contribution in [0.5, 0.6) is 0 Å². The van der Waals surface area contributed by atoms with Crippen molar-refractivity contribution in [2.75, 3.05) is 0 Å². The molecule has 0 atom stereocenters. The van der Waals surface area contributed by atoms with Crippen LogP contribution in [0.2, 0.25) is 0 Å². The van der Waals surface area contributed by atoms with Gasteiger partial charge in [-0.05, 0) is 80.3 Å². The third kappa shape index (κ3) is 3.96. The number of aryl methyl sites for hydroxylation is 1. The SMILES string of the molecule is CCCCc1nc2cccnc2n1Cc1ccc(-c2c(C#N)c3cccc(I)n3c2Br)cc1. The molecule has 0 bridgehead atoms. The molecule has 0 aliphatic carbocycles. The molecule has 0 amide bonds. The van der Waals surface area contributed by atoms with E-state index in [1.165, 1.54) is 5.56 Å². The van der Waals surface area contributed by atoms with Crippen LogP contribution in [0.3, 0.4) is 0 Å². The van der Waals surface area contributed by atoms with Crippen LogP contribution >= 0.6 is 38.5 Å². The summed E-state index contributed by atoms with van der Waals surface area (Å²) in [5.41, 5.74) is 6.57. The van der Waals surface area contributed by atoms with Crippen LogP contribution in [0, 0.1) is 15.0 Å². The van der Waals surface area contributed by atoms with Gasteiger partial charge >= 0.3 is 0 Å². The van der Waals surface area contributed by atoms with Crippen molar-refractivity contribution in [2.24, 2.45) is 0 Å². The molecule has 1 aromatic carbocycles. The second-order valence-electron chi connectivity index (χ2n) is 7.98. The minimum Gasteiger partial charge on any atom is -0.308 e. The summed E-state index contributed by atoms with van der Waals surface area (Å²) < 4.78 is 6.26. The average Bonchev–Trinajstić information content (AvgIpc) is 3.33. The van der Waals surface area contributed by atoms with E-state index in [1.807, 2.05) is 36.5 Å². The first-order chi connectivity index (χ1) is 16.1. The Bertz CT molecular complexity index is 1510. The number of aromatic nitrogens is 4. The van der Waals surface area contributed by atoms with Crippen LogP contribution in [0.4, 0.5) is 0 Å². The molecule has 7 heteroatoms. The van der Waals surface area contributed by atoms with Gasteiger partial charge in [0.25, 0.3) is 0 Å². The molecule has 164 valence electrons. The Balaban J connectivity index is 1.53. The Labute approximate surface area is 214 Å². The molecular formula is C26H21BrIN5. The van der Waals surface area contributed by atoms with Crippen molar-refractivity contribution >= 4 is 55.2 Å². The molecule has 4 aromatic heterocycles. The molecule has 4 heterocycles. The fourth-order valence-electron chi connectivity index (χ4n) is 4.25. The Morgan fingerprint density at radius 2 is 1.91 bits per heavy atom. The lowest BCUT2D eigenvalue weighted by molar-refractivity contribution is 0.686. The number of hydrogen-bond donors (Lipinski definition) is 0. The standard InChI is InChI=1S/C26H21BrIN5/c1-2-3-9-23-31-20-6-5-14-30-26(20)32(23)16-17-10-12-18(13-11-17)24-19(15-29)21-7-4-8-22(28)33(21)25(24)27/h4-8,10-14H,2-3,9,16H2,1H3. The molecule has 0 fully saturated rings. The van der Waals surface area contributed by atoms with Crippen LogP contribution in [0.15, 0.2) is 65.4 Å². The largest absolute Gasteiger partial charge is 0.308 e. The highest BCUT2D eigenvalue weighted by atomic mass is 127. The number of rotatable bonds is 6. The maximum atomic E-state index is 9.91. The van der Waals surface area contributed by atoms with E-state index in [4.69, 9.17) is 4.98 Å². The quantitative estimate of drug-likeness (QED) is 0.154. The molecule has 0 unspecified atom stereocenters. The predicted molar refractivity (Wildman–Crippen MR) is 143 cm³/mol. The Morgan fingerprint density at radius 1 is 1.09 bits per heavy atom. The van der Waals surface area contributed by atoms with Gasteiger partial charge in [-0.2, -0.15) is 5.26 Å². The van der Waals surface area contributed by atoms with Gasteiger partial charge in [0, 0.05) is 18.2 Å². The first-order valence-corrected chi connectivity index (χ1v) is 12.8. The van der Waals surface area contributed by atoms with Crippen molar-refractivity contribution in [3.05, 3.63) is 86.0 Å². The third-order valence-corrected chi connectivity index (χ3v) is 7.48. The highest BCUT2D eigenvalue weighted by Crippen LogP contribution is 2.37. The zero-order chi connectivity index (χ0) is 22.9. The van der Waals surface area contributed by atoms with Crippen LogP contribution in [-0.2, 0) is 13.0 Å². The molecule has 0 saturated heterocycles. The molecule has 0 radical (unpaired) electrons. The average molecular weight is 610 g/mol. The maximum Gasteiger partial charge on any atom is 0.160 e. The summed E-state index contributed by atoms with van der Waals surface area (Å²) in [6, 6.07) is 20.8. The zero-order valence-corrected chi connectivity index (χ0v) is 21.8. The Hall–Kier alpha value is -2.70. The number of nitriles is 1. The van der Waals surface area contributed by atoms with Gasteiger partial charge in [-0.1, -0.05) is 43.7 Å². The molecule has 0 spiro atoms. The van der Waals surface area contributed by atoms with Gasteiger partial charge in [-0.15, -0.1) is 0 Å². The van der Waals surface area contributed by atoms with Gasteiger partial charge in [0.1, 0.15) is 17.4 Å². The summed E-state index contributed by atoms with van der Waals surface area (Å²) in [6.45, 7) is 2.92. The van der Waals surface area contributed by atoms with E-state index in [0.717, 1.165) is 67.7 Å². The van der Waals surface area contributed by atoms with Gasteiger partial charge in [-0.25, -0.2) is 9.97 Å². The number of benzene rings is 1. The highest BCUT2D eigenvalue weighted by Gasteiger charge is 2.19. The van der Waals surface area contributed by atoms with Crippen molar-refractivity contribution in [1.29, 1.82) is 5.26 Å². The number of hydrogen-bond acceptors (Lipinski definition) is 3. The number of fused-ring (bicyclic) bond motifs is 2. The molecule has 0 aliphatic heterocycles. The third-order valence-electron chi connectivity index (χ3n) is 5.88. The fraction of sp³-hybridized carbons (Fsp3) is 0.192.